The Morgan fingerprint density at radius 1 is 1.33 bits per heavy atom. The van der Waals surface area contributed by atoms with Crippen molar-refractivity contribution in [2.45, 2.75) is 25.8 Å². The van der Waals surface area contributed by atoms with Gasteiger partial charge in [-0.25, -0.2) is 0 Å². The van der Waals surface area contributed by atoms with Gasteiger partial charge in [-0.2, -0.15) is 0 Å². The van der Waals surface area contributed by atoms with Crippen molar-refractivity contribution in [2.24, 2.45) is 5.41 Å². The fourth-order valence-electron chi connectivity index (χ4n) is 3.93. The summed E-state index contributed by atoms with van der Waals surface area (Å²) < 4.78 is 12.2. The number of piperidine rings is 1. The summed E-state index contributed by atoms with van der Waals surface area (Å²) in [6.07, 6.45) is 5.69. The van der Waals surface area contributed by atoms with Crippen LogP contribution in [0.2, 0.25) is 0 Å². The van der Waals surface area contributed by atoms with Crippen LogP contribution in [0, 0.1) is 5.41 Å². The van der Waals surface area contributed by atoms with Gasteiger partial charge in [0.05, 0.1) is 11.6 Å². The van der Waals surface area contributed by atoms with E-state index in [9.17, 15) is 0 Å². The first-order valence-corrected chi connectivity index (χ1v) is 9.48. The van der Waals surface area contributed by atoms with Crippen molar-refractivity contribution in [1.82, 2.24) is 10.2 Å². The largest absolute Gasteiger partial charge is 0.493 e. The van der Waals surface area contributed by atoms with Gasteiger partial charge in [0.15, 0.2) is 11.5 Å². The van der Waals surface area contributed by atoms with Gasteiger partial charge >= 0.3 is 0 Å². The van der Waals surface area contributed by atoms with E-state index in [0.29, 0.717) is 12.0 Å². The summed E-state index contributed by atoms with van der Waals surface area (Å²) in [5.74, 6) is 1.52. The van der Waals surface area contributed by atoms with Crippen LogP contribution in [0.1, 0.15) is 24.8 Å². The topological polar surface area (TPSA) is 33.7 Å². The first-order chi connectivity index (χ1) is 11.7. The second kappa shape index (κ2) is 7.89. The molecular weight excluding hydrogens is 368 g/mol. The molecule has 0 amide bonds. The van der Waals surface area contributed by atoms with Gasteiger partial charge in [0.2, 0.25) is 0 Å². The summed E-state index contributed by atoms with van der Waals surface area (Å²) in [7, 11) is 1.69. The molecule has 1 spiro atoms. The van der Waals surface area contributed by atoms with Crippen molar-refractivity contribution in [2.75, 3.05) is 39.9 Å². The lowest BCUT2D eigenvalue weighted by Crippen LogP contribution is -2.38. The van der Waals surface area contributed by atoms with E-state index in [1.807, 2.05) is 0 Å². The van der Waals surface area contributed by atoms with Crippen LogP contribution in [0.25, 0.3) is 0 Å². The number of likely N-dealkylation sites (tertiary alicyclic amines) is 1. The molecule has 132 valence electrons. The SMILES string of the molecule is C=CCOc1c(Br)cc(CN2CCC3(CCNCC3)C2)cc1OC. The number of hydrogen-bond acceptors (Lipinski definition) is 4. The molecule has 0 saturated carbocycles. The van der Waals surface area contributed by atoms with Crippen LogP contribution in [0.3, 0.4) is 0 Å². The van der Waals surface area contributed by atoms with Gasteiger partial charge in [0.25, 0.3) is 0 Å². The van der Waals surface area contributed by atoms with Crippen molar-refractivity contribution < 1.29 is 9.47 Å². The highest BCUT2D eigenvalue weighted by Crippen LogP contribution is 2.40. The predicted molar refractivity (Wildman–Crippen MR) is 101 cm³/mol. The average molecular weight is 395 g/mol. The lowest BCUT2D eigenvalue weighted by atomic mass is 9.78. The minimum atomic E-state index is 0.469. The summed E-state index contributed by atoms with van der Waals surface area (Å²) in [4.78, 5) is 2.58. The Labute approximate surface area is 153 Å². The van der Waals surface area contributed by atoms with Crippen LogP contribution in [0.5, 0.6) is 11.5 Å². The molecule has 0 bridgehead atoms. The zero-order valence-electron chi connectivity index (χ0n) is 14.4. The molecule has 24 heavy (non-hydrogen) atoms. The molecule has 2 aliphatic rings. The molecule has 0 radical (unpaired) electrons. The number of hydrogen-bond donors (Lipinski definition) is 1. The number of nitrogens with one attached hydrogen (secondary N) is 1. The van der Waals surface area contributed by atoms with E-state index in [-0.39, 0.29) is 0 Å². The van der Waals surface area contributed by atoms with Gasteiger partial charge in [0.1, 0.15) is 6.61 Å². The summed E-state index contributed by atoms with van der Waals surface area (Å²) in [5.41, 5.74) is 1.80. The Morgan fingerprint density at radius 3 is 2.83 bits per heavy atom. The Bertz CT molecular complexity index is 585. The Hall–Kier alpha value is -1.04. The molecule has 0 aliphatic carbocycles. The van der Waals surface area contributed by atoms with Crippen molar-refractivity contribution >= 4 is 15.9 Å². The quantitative estimate of drug-likeness (QED) is 0.747. The van der Waals surface area contributed by atoms with Crippen LogP contribution in [0.15, 0.2) is 29.3 Å². The second-order valence-electron chi connectivity index (χ2n) is 6.92. The maximum absolute atomic E-state index is 5.71. The highest BCUT2D eigenvalue weighted by Gasteiger charge is 2.38. The van der Waals surface area contributed by atoms with Gasteiger partial charge < -0.3 is 14.8 Å². The molecule has 2 saturated heterocycles. The highest BCUT2D eigenvalue weighted by atomic mass is 79.9. The zero-order valence-corrected chi connectivity index (χ0v) is 16.0. The summed E-state index contributed by atoms with van der Waals surface area (Å²) in [5, 5.41) is 3.48. The van der Waals surface area contributed by atoms with E-state index in [4.69, 9.17) is 9.47 Å². The number of methoxy groups -OCH3 is 1. The summed E-state index contributed by atoms with van der Waals surface area (Å²) >= 11 is 3.62. The first-order valence-electron chi connectivity index (χ1n) is 8.69. The molecule has 5 heteroatoms. The van der Waals surface area contributed by atoms with E-state index < -0.39 is 0 Å². The molecule has 0 unspecified atom stereocenters. The van der Waals surface area contributed by atoms with Crippen molar-refractivity contribution in [3.05, 3.63) is 34.8 Å². The van der Waals surface area contributed by atoms with Crippen molar-refractivity contribution in [3.63, 3.8) is 0 Å². The van der Waals surface area contributed by atoms with E-state index in [0.717, 1.165) is 22.5 Å². The van der Waals surface area contributed by atoms with Gasteiger partial charge in [0, 0.05) is 13.1 Å². The van der Waals surface area contributed by atoms with Crippen molar-refractivity contribution in [3.8, 4) is 11.5 Å². The van der Waals surface area contributed by atoms with Gasteiger partial charge in [-0.05, 0) is 77.9 Å². The number of rotatable bonds is 6. The van der Waals surface area contributed by atoms with Gasteiger partial charge in [-0.1, -0.05) is 12.7 Å². The maximum Gasteiger partial charge on any atom is 0.175 e. The summed E-state index contributed by atoms with van der Waals surface area (Å²) in [6.45, 7) is 9.87. The third-order valence-electron chi connectivity index (χ3n) is 5.22. The molecule has 3 rings (SSSR count). The molecule has 1 aromatic rings. The Kier molecular flexibility index (Phi) is 5.85. The lowest BCUT2D eigenvalue weighted by molar-refractivity contribution is 0.194. The zero-order chi connectivity index (χ0) is 17.0. The van der Waals surface area contributed by atoms with Crippen LogP contribution < -0.4 is 14.8 Å². The van der Waals surface area contributed by atoms with Gasteiger partial charge in [-0.3, -0.25) is 4.90 Å². The van der Waals surface area contributed by atoms with E-state index in [2.05, 4.69) is 44.9 Å². The van der Waals surface area contributed by atoms with Crippen LogP contribution in [0.4, 0.5) is 0 Å². The minimum Gasteiger partial charge on any atom is -0.493 e. The lowest BCUT2D eigenvalue weighted by Gasteiger charge is -2.34. The monoisotopic (exact) mass is 394 g/mol. The van der Waals surface area contributed by atoms with E-state index >= 15 is 0 Å². The number of benzene rings is 1. The Morgan fingerprint density at radius 2 is 2.12 bits per heavy atom. The standard InChI is InChI=1S/C19H27BrN2O2/c1-3-10-24-18-16(20)11-15(12-17(18)23-2)13-22-9-6-19(14-22)4-7-21-8-5-19/h3,11-12,21H,1,4-10,13-14H2,2H3. The Balaban J connectivity index is 1.69. The van der Waals surface area contributed by atoms with E-state index in [1.54, 1.807) is 13.2 Å². The maximum atomic E-state index is 5.71. The van der Waals surface area contributed by atoms with Crippen molar-refractivity contribution in [1.29, 1.82) is 0 Å². The summed E-state index contributed by atoms with van der Waals surface area (Å²) in [6, 6.07) is 4.24. The fourth-order valence-corrected chi connectivity index (χ4v) is 4.54. The average Bonchev–Trinajstić information content (AvgIpc) is 2.96. The second-order valence-corrected chi connectivity index (χ2v) is 7.77. The molecular formula is C19H27BrN2O2. The smallest absolute Gasteiger partial charge is 0.175 e. The number of ether oxygens (including phenoxy) is 2. The third-order valence-corrected chi connectivity index (χ3v) is 5.81. The third kappa shape index (κ3) is 3.95. The van der Waals surface area contributed by atoms with Crippen LogP contribution in [-0.4, -0.2) is 44.8 Å². The molecule has 1 aromatic carbocycles. The minimum absolute atomic E-state index is 0.469. The molecule has 0 atom stereocenters. The van der Waals surface area contributed by atoms with Crippen LogP contribution in [-0.2, 0) is 6.54 Å². The van der Waals surface area contributed by atoms with E-state index in [1.165, 1.54) is 51.0 Å². The fraction of sp³-hybridized carbons (Fsp3) is 0.579. The first kappa shape index (κ1) is 17.8. The molecule has 2 fully saturated rings. The highest BCUT2D eigenvalue weighted by molar-refractivity contribution is 9.10. The molecule has 4 nitrogen and oxygen atoms in total. The van der Waals surface area contributed by atoms with Gasteiger partial charge in [-0.15, -0.1) is 0 Å². The molecule has 2 heterocycles. The predicted octanol–water partition coefficient (Wildman–Crippen LogP) is 3.60. The molecule has 2 aliphatic heterocycles. The normalized spacial score (nSPS) is 20.2. The molecule has 0 aromatic heterocycles. The van der Waals surface area contributed by atoms with Crippen LogP contribution >= 0.6 is 15.9 Å². The number of halogens is 1. The molecule has 1 N–H and O–H groups in total. The number of nitrogens with zero attached hydrogens (tertiary/aromatic N) is 1.